The molecule has 164 valence electrons. The molecule has 3 heterocycles. The van der Waals surface area contributed by atoms with Crippen molar-refractivity contribution in [3.63, 3.8) is 0 Å². The molecule has 3 aromatic heterocycles. The van der Waals surface area contributed by atoms with Crippen LogP contribution in [0.4, 0.5) is 5.69 Å². The zero-order chi connectivity index (χ0) is 22.9. The minimum atomic E-state index is -0.223. The molecule has 0 aliphatic heterocycles. The molecule has 0 bridgehead atoms. The van der Waals surface area contributed by atoms with E-state index in [4.69, 9.17) is 4.74 Å². The summed E-state index contributed by atoms with van der Waals surface area (Å²) in [5.74, 6) is 1.98. The first kappa shape index (κ1) is 20.7. The number of aromatic nitrogens is 6. The van der Waals surface area contributed by atoms with Crippen LogP contribution in [0, 0.1) is 20.8 Å². The lowest BCUT2D eigenvalue weighted by Crippen LogP contribution is -2.11. The average molecular weight is 458 g/mol. The molecule has 0 spiro atoms. The van der Waals surface area contributed by atoms with Gasteiger partial charge in [-0.05, 0) is 69.3 Å². The molecule has 5 aromatic rings. The van der Waals surface area contributed by atoms with Crippen molar-refractivity contribution in [1.82, 2.24) is 28.5 Å². The Bertz CT molecular complexity index is 1470. The molecule has 0 atom stereocenters. The van der Waals surface area contributed by atoms with E-state index in [-0.39, 0.29) is 5.91 Å². The largest absolute Gasteiger partial charge is 0.439 e. The Morgan fingerprint density at radius 3 is 2.48 bits per heavy atom. The molecule has 0 saturated carbocycles. The van der Waals surface area contributed by atoms with Gasteiger partial charge in [0.1, 0.15) is 22.6 Å². The summed E-state index contributed by atoms with van der Waals surface area (Å²) < 4.78 is 16.0. The van der Waals surface area contributed by atoms with E-state index in [1.165, 1.54) is 0 Å². The van der Waals surface area contributed by atoms with Crippen LogP contribution in [0.15, 0.2) is 54.6 Å². The molecule has 5 rings (SSSR count). The molecule has 0 saturated heterocycles. The van der Waals surface area contributed by atoms with Crippen molar-refractivity contribution in [1.29, 1.82) is 0 Å². The maximum atomic E-state index is 12.6. The lowest BCUT2D eigenvalue weighted by molar-refractivity contribution is 0.102. The second-order valence-electron chi connectivity index (χ2n) is 7.50. The van der Waals surface area contributed by atoms with Gasteiger partial charge in [-0.25, -0.2) is 9.67 Å². The van der Waals surface area contributed by atoms with Gasteiger partial charge in [0, 0.05) is 23.0 Å². The number of fused-ring (bicyclic) bond motifs is 1. The number of carbonyl (C=O) groups excluding carboxylic acids is 1. The third-order valence-electron chi connectivity index (χ3n) is 4.88. The quantitative estimate of drug-likeness (QED) is 0.410. The Kier molecular flexibility index (Phi) is 5.27. The van der Waals surface area contributed by atoms with E-state index in [1.54, 1.807) is 60.1 Å². The van der Waals surface area contributed by atoms with E-state index in [9.17, 15) is 4.79 Å². The van der Waals surface area contributed by atoms with Crippen LogP contribution >= 0.6 is 11.7 Å². The number of hydrogen-bond acceptors (Lipinski definition) is 8. The summed E-state index contributed by atoms with van der Waals surface area (Å²) in [5, 5.41) is 7.35. The maximum absolute atomic E-state index is 12.6. The number of anilines is 1. The standard InChI is InChI=1S/C23H19N7O2S/c1-13-10-14(2)30(27-13)21-12-22(25-15(3)24-21)32-18-7-5-17(6-8-18)26-23(31)16-4-9-19-20(11-16)29-33-28-19/h4-12H,1-3H3,(H,26,31). The van der Waals surface area contributed by atoms with Gasteiger partial charge in [0.2, 0.25) is 5.88 Å². The number of nitrogens with one attached hydrogen (secondary N) is 1. The first-order valence-corrected chi connectivity index (χ1v) is 10.9. The van der Waals surface area contributed by atoms with Gasteiger partial charge in [0.15, 0.2) is 5.82 Å². The van der Waals surface area contributed by atoms with E-state index in [0.29, 0.717) is 40.0 Å². The highest BCUT2D eigenvalue weighted by Crippen LogP contribution is 2.24. The molecule has 9 nitrogen and oxygen atoms in total. The lowest BCUT2D eigenvalue weighted by Gasteiger charge is -2.10. The maximum Gasteiger partial charge on any atom is 0.255 e. The number of hydrogen-bond donors (Lipinski definition) is 1. The van der Waals surface area contributed by atoms with E-state index in [0.717, 1.165) is 28.6 Å². The monoisotopic (exact) mass is 457 g/mol. The van der Waals surface area contributed by atoms with Gasteiger partial charge in [0.25, 0.3) is 5.91 Å². The molecule has 10 heteroatoms. The van der Waals surface area contributed by atoms with Crippen LogP contribution in [0.2, 0.25) is 0 Å². The third-order valence-corrected chi connectivity index (χ3v) is 5.43. The van der Waals surface area contributed by atoms with Gasteiger partial charge in [-0.2, -0.15) is 18.8 Å². The number of carbonyl (C=O) groups is 1. The van der Waals surface area contributed by atoms with Crippen LogP contribution in [-0.4, -0.2) is 34.4 Å². The average Bonchev–Trinajstić information content (AvgIpc) is 3.39. The summed E-state index contributed by atoms with van der Waals surface area (Å²) >= 11 is 1.12. The highest BCUT2D eigenvalue weighted by atomic mass is 32.1. The van der Waals surface area contributed by atoms with Crippen LogP contribution in [0.5, 0.6) is 11.6 Å². The first-order valence-electron chi connectivity index (χ1n) is 10.2. The van der Waals surface area contributed by atoms with Gasteiger partial charge < -0.3 is 10.1 Å². The van der Waals surface area contributed by atoms with E-state index < -0.39 is 0 Å². The van der Waals surface area contributed by atoms with Crippen LogP contribution in [0.3, 0.4) is 0 Å². The van der Waals surface area contributed by atoms with Crippen LogP contribution in [0.25, 0.3) is 16.9 Å². The summed E-state index contributed by atoms with van der Waals surface area (Å²) in [6, 6.07) is 16.0. The van der Waals surface area contributed by atoms with E-state index >= 15 is 0 Å². The van der Waals surface area contributed by atoms with Gasteiger partial charge in [-0.15, -0.1) is 0 Å². The first-order chi connectivity index (χ1) is 15.9. The topological polar surface area (TPSA) is 108 Å². The molecule has 1 N–H and O–H groups in total. The van der Waals surface area contributed by atoms with Gasteiger partial charge >= 0.3 is 0 Å². The minimum absolute atomic E-state index is 0.223. The SMILES string of the molecule is Cc1cc(C)n(-c2cc(Oc3ccc(NC(=O)c4ccc5nsnc5c4)cc3)nc(C)n2)n1. The summed E-state index contributed by atoms with van der Waals surface area (Å²) in [6.45, 7) is 5.71. The molecule has 33 heavy (non-hydrogen) atoms. The fraction of sp³-hybridized carbons (Fsp3) is 0.130. The van der Waals surface area contributed by atoms with Crippen molar-refractivity contribution < 1.29 is 9.53 Å². The molecular weight excluding hydrogens is 438 g/mol. The van der Waals surface area contributed by atoms with E-state index in [2.05, 4.69) is 29.1 Å². The van der Waals surface area contributed by atoms with Crippen LogP contribution in [0.1, 0.15) is 27.6 Å². The zero-order valence-electron chi connectivity index (χ0n) is 18.1. The van der Waals surface area contributed by atoms with Crippen molar-refractivity contribution >= 4 is 34.4 Å². The van der Waals surface area contributed by atoms with Crippen molar-refractivity contribution in [3.8, 4) is 17.4 Å². The van der Waals surface area contributed by atoms with Gasteiger partial charge in [0.05, 0.1) is 17.4 Å². The number of nitrogens with zero attached hydrogens (tertiary/aromatic N) is 6. The normalized spacial score (nSPS) is 11.0. The molecule has 0 fully saturated rings. The Balaban J connectivity index is 1.31. The molecular formula is C23H19N7O2S. The van der Waals surface area contributed by atoms with Crippen molar-refractivity contribution in [2.45, 2.75) is 20.8 Å². The number of rotatable bonds is 5. The third kappa shape index (κ3) is 4.41. The van der Waals surface area contributed by atoms with Gasteiger partial charge in [-0.1, -0.05) is 0 Å². The van der Waals surface area contributed by atoms with Crippen molar-refractivity contribution in [2.24, 2.45) is 0 Å². The summed E-state index contributed by atoms with van der Waals surface area (Å²) in [4.78, 5) is 21.4. The summed E-state index contributed by atoms with van der Waals surface area (Å²) in [6.07, 6.45) is 0. The molecule has 2 aromatic carbocycles. The Morgan fingerprint density at radius 1 is 0.939 bits per heavy atom. The highest BCUT2D eigenvalue weighted by Gasteiger charge is 2.11. The fourth-order valence-corrected chi connectivity index (χ4v) is 3.92. The van der Waals surface area contributed by atoms with E-state index in [1.807, 2.05) is 19.9 Å². The highest BCUT2D eigenvalue weighted by molar-refractivity contribution is 7.00. The smallest absolute Gasteiger partial charge is 0.255 e. The molecule has 1 amide bonds. The Hall–Kier alpha value is -4.18. The molecule has 0 aliphatic rings. The predicted octanol–water partition coefficient (Wildman–Crippen LogP) is 4.64. The van der Waals surface area contributed by atoms with Crippen molar-refractivity contribution in [2.75, 3.05) is 5.32 Å². The zero-order valence-corrected chi connectivity index (χ0v) is 18.9. The Labute approximate surface area is 193 Å². The van der Waals surface area contributed by atoms with Gasteiger partial charge in [-0.3, -0.25) is 4.79 Å². The number of aryl methyl sites for hydroxylation is 3. The Morgan fingerprint density at radius 2 is 1.73 bits per heavy atom. The minimum Gasteiger partial charge on any atom is -0.439 e. The molecule has 0 radical (unpaired) electrons. The lowest BCUT2D eigenvalue weighted by atomic mass is 10.2. The molecule has 0 aliphatic carbocycles. The van der Waals surface area contributed by atoms with Crippen molar-refractivity contribution in [3.05, 3.63) is 77.4 Å². The predicted molar refractivity (Wildman–Crippen MR) is 125 cm³/mol. The number of amides is 1. The summed E-state index contributed by atoms with van der Waals surface area (Å²) in [7, 11) is 0. The summed E-state index contributed by atoms with van der Waals surface area (Å²) in [5.41, 5.74) is 4.53. The number of benzene rings is 2. The molecule has 0 unspecified atom stereocenters. The second-order valence-corrected chi connectivity index (χ2v) is 8.03. The van der Waals surface area contributed by atoms with Crippen LogP contribution in [-0.2, 0) is 0 Å². The van der Waals surface area contributed by atoms with Crippen LogP contribution < -0.4 is 10.1 Å². The second kappa shape index (κ2) is 8.40. The number of ether oxygens (including phenoxy) is 1. The fourth-order valence-electron chi connectivity index (χ4n) is 3.40.